The highest BCUT2D eigenvalue weighted by Crippen LogP contribution is 2.13. The van der Waals surface area contributed by atoms with Crippen LogP contribution in [0.5, 0.6) is 0 Å². The minimum atomic E-state index is -0.467. The molecule has 1 N–H and O–H groups in total. The Hall–Kier alpha value is -1.59. The summed E-state index contributed by atoms with van der Waals surface area (Å²) in [7, 11) is 0. The normalized spacial score (nSPS) is 10.1. The van der Waals surface area contributed by atoms with Crippen molar-refractivity contribution in [3.05, 3.63) is 51.4 Å². The Labute approximate surface area is 114 Å². The Morgan fingerprint density at radius 2 is 2.17 bits per heavy atom. The van der Waals surface area contributed by atoms with Crippen LogP contribution in [0.25, 0.3) is 0 Å². The maximum atomic E-state index is 11.4. The van der Waals surface area contributed by atoms with Gasteiger partial charge in [-0.25, -0.2) is 9.78 Å². The van der Waals surface area contributed by atoms with Crippen LogP contribution in [0.2, 0.25) is 5.15 Å². The quantitative estimate of drug-likeness (QED) is 0.937. The summed E-state index contributed by atoms with van der Waals surface area (Å²) in [5.74, 6) is 0. The second-order valence-corrected chi connectivity index (χ2v) is 4.81. The summed E-state index contributed by atoms with van der Waals surface area (Å²) in [6.07, 6.45) is -0.467. The highest BCUT2D eigenvalue weighted by atomic mass is 35.5. The van der Waals surface area contributed by atoms with Gasteiger partial charge in [0.15, 0.2) is 0 Å². The lowest BCUT2D eigenvalue weighted by Gasteiger charge is -2.05. The number of nitrogens with one attached hydrogen (secondary N) is 1. The van der Waals surface area contributed by atoms with Crippen LogP contribution >= 0.6 is 22.9 Å². The lowest BCUT2D eigenvalue weighted by atomic mass is 10.2. The largest absolute Gasteiger partial charge is 0.445 e. The number of carbonyl (C=O) groups is 1. The Morgan fingerprint density at radius 1 is 1.39 bits per heavy atom. The van der Waals surface area contributed by atoms with Gasteiger partial charge in [-0.1, -0.05) is 41.9 Å². The number of aromatic nitrogens is 1. The number of hydrogen-bond acceptors (Lipinski definition) is 4. The third-order valence-electron chi connectivity index (χ3n) is 2.12. The molecule has 0 radical (unpaired) electrons. The number of alkyl carbamates (subject to hydrolysis) is 1. The zero-order chi connectivity index (χ0) is 12.8. The minimum absolute atomic E-state index is 0.255. The lowest BCUT2D eigenvalue weighted by Crippen LogP contribution is -2.23. The first kappa shape index (κ1) is 12.9. The second-order valence-electron chi connectivity index (χ2n) is 3.48. The van der Waals surface area contributed by atoms with E-state index < -0.39 is 6.09 Å². The highest BCUT2D eigenvalue weighted by molar-refractivity contribution is 7.10. The van der Waals surface area contributed by atoms with Crippen LogP contribution in [0.4, 0.5) is 4.79 Å². The predicted octanol–water partition coefficient (Wildman–Crippen LogP) is 3.22. The van der Waals surface area contributed by atoms with Gasteiger partial charge in [0.25, 0.3) is 0 Å². The van der Waals surface area contributed by atoms with Gasteiger partial charge in [0.05, 0.1) is 6.54 Å². The van der Waals surface area contributed by atoms with Crippen molar-refractivity contribution in [1.82, 2.24) is 10.3 Å². The van der Waals surface area contributed by atoms with E-state index in [-0.39, 0.29) is 6.61 Å². The summed E-state index contributed by atoms with van der Waals surface area (Å²) in [5.41, 5.74) is 0.949. The molecule has 6 heteroatoms. The Balaban J connectivity index is 1.73. The zero-order valence-corrected chi connectivity index (χ0v) is 11.0. The summed E-state index contributed by atoms with van der Waals surface area (Å²) in [6, 6.07) is 9.50. The molecule has 0 unspecified atom stereocenters. The molecule has 0 spiro atoms. The topological polar surface area (TPSA) is 51.2 Å². The van der Waals surface area contributed by atoms with Gasteiger partial charge in [0.1, 0.15) is 16.8 Å². The van der Waals surface area contributed by atoms with Crippen molar-refractivity contribution in [1.29, 1.82) is 0 Å². The van der Waals surface area contributed by atoms with E-state index >= 15 is 0 Å². The van der Waals surface area contributed by atoms with Gasteiger partial charge in [-0.3, -0.25) is 0 Å². The Morgan fingerprint density at radius 3 is 2.83 bits per heavy atom. The Kier molecular flexibility index (Phi) is 4.55. The van der Waals surface area contributed by atoms with E-state index in [0.29, 0.717) is 11.7 Å². The van der Waals surface area contributed by atoms with Crippen LogP contribution in [-0.2, 0) is 17.9 Å². The van der Waals surface area contributed by atoms with Crippen molar-refractivity contribution in [2.24, 2.45) is 0 Å². The van der Waals surface area contributed by atoms with E-state index in [2.05, 4.69) is 10.3 Å². The number of halogens is 1. The molecule has 1 aromatic heterocycles. The van der Waals surface area contributed by atoms with Crippen LogP contribution in [-0.4, -0.2) is 11.1 Å². The molecular formula is C12H11ClN2O2S. The van der Waals surface area contributed by atoms with Gasteiger partial charge in [0.2, 0.25) is 0 Å². The molecule has 0 fully saturated rings. The monoisotopic (exact) mass is 282 g/mol. The Bertz CT molecular complexity index is 516. The molecular weight excluding hydrogens is 272 g/mol. The number of rotatable bonds is 4. The molecule has 94 valence electrons. The van der Waals surface area contributed by atoms with Crippen molar-refractivity contribution in [3.63, 3.8) is 0 Å². The number of carbonyl (C=O) groups excluding carboxylic acids is 1. The molecule has 0 aliphatic carbocycles. The molecule has 0 aliphatic rings. The molecule has 2 aromatic rings. The number of benzene rings is 1. The number of thiazole rings is 1. The molecule has 1 heterocycles. The van der Waals surface area contributed by atoms with Gasteiger partial charge < -0.3 is 10.1 Å². The summed E-state index contributed by atoms with van der Waals surface area (Å²) in [4.78, 5) is 15.4. The maximum absolute atomic E-state index is 11.4. The van der Waals surface area contributed by atoms with E-state index in [0.717, 1.165) is 10.6 Å². The van der Waals surface area contributed by atoms with E-state index in [1.165, 1.54) is 11.3 Å². The summed E-state index contributed by atoms with van der Waals surface area (Å²) in [5, 5.41) is 5.51. The summed E-state index contributed by atoms with van der Waals surface area (Å²) >= 11 is 7.06. The van der Waals surface area contributed by atoms with Crippen molar-refractivity contribution in [2.75, 3.05) is 0 Å². The maximum Gasteiger partial charge on any atom is 0.407 e. The number of amides is 1. The molecule has 0 atom stereocenters. The molecule has 1 amide bonds. The first-order valence-electron chi connectivity index (χ1n) is 5.28. The van der Waals surface area contributed by atoms with Crippen LogP contribution < -0.4 is 5.32 Å². The molecule has 18 heavy (non-hydrogen) atoms. The summed E-state index contributed by atoms with van der Waals surface area (Å²) in [6.45, 7) is 0.580. The molecule has 0 bridgehead atoms. The fourth-order valence-electron chi connectivity index (χ4n) is 1.29. The predicted molar refractivity (Wildman–Crippen MR) is 70.6 cm³/mol. The van der Waals surface area contributed by atoms with Gasteiger partial charge in [-0.05, 0) is 5.56 Å². The fourth-order valence-corrected chi connectivity index (χ4v) is 2.17. The molecule has 2 rings (SSSR count). The van der Waals surface area contributed by atoms with Crippen LogP contribution in [0.3, 0.4) is 0 Å². The SMILES string of the molecule is O=C(NCc1nc(Cl)cs1)OCc1ccccc1. The minimum Gasteiger partial charge on any atom is -0.445 e. The standard InChI is InChI=1S/C12H11ClN2O2S/c13-10-8-18-11(15-10)6-14-12(16)17-7-9-4-2-1-3-5-9/h1-5,8H,6-7H2,(H,14,16). The van der Waals surface area contributed by atoms with E-state index in [1.54, 1.807) is 5.38 Å². The first-order chi connectivity index (χ1) is 8.74. The molecule has 1 aromatic carbocycles. The average molecular weight is 283 g/mol. The van der Waals surface area contributed by atoms with Crippen LogP contribution in [0.1, 0.15) is 10.6 Å². The highest BCUT2D eigenvalue weighted by Gasteiger charge is 2.05. The second kappa shape index (κ2) is 6.37. The van der Waals surface area contributed by atoms with Gasteiger partial charge in [-0.15, -0.1) is 11.3 Å². The van der Waals surface area contributed by atoms with Crippen LogP contribution in [0, 0.1) is 0 Å². The average Bonchev–Trinajstić information content (AvgIpc) is 2.81. The fraction of sp³-hybridized carbons (Fsp3) is 0.167. The summed E-state index contributed by atoms with van der Waals surface area (Å²) < 4.78 is 5.05. The molecule has 4 nitrogen and oxygen atoms in total. The van der Waals surface area contributed by atoms with E-state index in [9.17, 15) is 4.79 Å². The van der Waals surface area contributed by atoms with Gasteiger partial charge >= 0.3 is 6.09 Å². The van der Waals surface area contributed by atoms with Gasteiger partial charge in [-0.2, -0.15) is 0 Å². The van der Waals surface area contributed by atoms with E-state index in [4.69, 9.17) is 16.3 Å². The van der Waals surface area contributed by atoms with E-state index in [1.807, 2.05) is 30.3 Å². The molecule has 0 saturated carbocycles. The molecule has 0 aliphatic heterocycles. The molecule has 0 saturated heterocycles. The lowest BCUT2D eigenvalue weighted by molar-refractivity contribution is 0.139. The third-order valence-corrected chi connectivity index (χ3v) is 3.29. The zero-order valence-electron chi connectivity index (χ0n) is 9.43. The first-order valence-corrected chi connectivity index (χ1v) is 6.54. The number of ether oxygens (including phenoxy) is 1. The van der Waals surface area contributed by atoms with Crippen molar-refractivity contribution in [3.8, 4) is 0 Å². The van der Waals surface area contributed by atoms with Crippen LogP contribution in [0.15, 0.2) is 35.7 Å². The van der Waals surface area contributed by atoms with Crippen molar-refractivity contribution < 1.29 is 9.53 Å². The third kappa shape index (κ3) is 4.01. The number of nitrogens with zero attached hydrogens (tertiary/aromatic N) is 1. The smallest absolute Gasteiger partial charge is 0.407 e. The van der Waals surface area contributed by atoms with Gasteiger partial charge in [0, 0.05) is 5.38 Å². The van der Waals surface area contributed by atoms with Crippen molar-refractivity contribution >= 4 is 29.0 Å². The van der Waals surface area contributed by atoms with Crippen molar-refractivity contribution in [2.45, 2.75) is 13.2 Å². The number of hydrogen-bond donors (Lipinski definition) is 1.